The van der Waals surface area contributed by atoms with Crippen molar-refractivity contribution >= 4 is 5.97 Å². The van der Waals surface area contributed by atoms with Crippen LogP contribution < -0.4 is 4.74 Å². The molecule has 3 rings (SSSR count). The number of aromatic nitrogens is 2. The Morgan fingerprint density at radius 2 is 1.64 bits per heavy atom. The molecule has 0 aliphatic rings. The lowest BCUT2D eigenvalue weighted by Crippen LogP contribution is -2.13. The number of benzene rings is 2. The van der Waals surface area contributed by atoms with Gasteiger partial charge in [-0.2, -0.15) is 0 Å². The summed E-state index contributed by atoms with van der Waals surface area (Å²) in [6.07, 6.45) is -0.658. The second-order valence-electron chi connectivity index (χ2n) is 7.55. The molecule has 1 aromatic heterocycles. The van der Waals surface area contributed by atoms with Gasteiger partial charge in [-0.15, -0.1) is 10.2 Å². The van der Waals surface area contributed by atoms with Crippen LogP contribution in [0.4, 0.5) is 0 Å². The fourth-order valence-corrected chi connectivity index (χ4v) is 2.63. The van der Waals surface area contributed by atoms with Crippen LogP contribution in [0.2, 0.25) is 0 Å². The van der Waals surface area contributed by atoms with E-state index in [4.69, 9.17) is 13.9 Å². The lowest BCUT2D eigenvalue weighted by atomic mass is 9.87. The van der Waals surface area contributed by atoms with Crippen molar-refractivity contribution in [2.45, 2.75) is 39.2 Å². The summed E-state index contributed by atoms with van der Waals surface area (Å²) in [5, 5.41) is 8.04. The Balaban J connectivity index is 1.68. The fraction of sp³-hybridized carbons (Fsp3) is 0.318. The maximum absolute atomic E-state index is 12.4. The summed E-state index contributed by atoms with van der Waals surface area (Å²) in [6.45, 7) is 8.07. The zero-order valence-electron chi connectivity index (χ0n) is 16.7. The van der Waals surface area contributed by atoms with Gasteiger partial charge in [0, 0.05) is 5.56 Å². The zero-order valence-corrected chi connectivity index (χ0v) is 16.7. The van der Waals surface area contributed by atoms with E-state index in [0.29, 0.717) is 11.5 Å². The van der Waals surface area contributed by atoms with Crippen LogP contribution >= 0.6 is 0 Å². The first-order valence-electron chi connectivity index (χ1n) is 9.07. The van der Waals surface area contributed by atoms with E-state index in [2.05, 4.69) is 31.0 Å². The molecule has 0 spiro atoms. The molecular formula is C22H24N2O4. The zero-order chi connectivity index (χ0) is 20.3. The molecule has 0 amide bonds. The molecule has 0 saturated heterocycles. The van der Waals surface area contributed by atoms with Crippen LogP contribution in [0, 0.1) is 0 Å². The second-order valence-corrected chi connectivity index (χ2v) is 7.55. The Bertz CT molecular complexity index is 938. The molecule has 0 radical (unpaired) electrons. The highest BCUT2D eigenvalue weighted by molar-refractivity contribution is 5.89. The summed E-state index contributed by atoms with van der Waals surface area (Å²) in [6, 6.07) is 14.7. The van der Waals surface area contributed by atoms with Gasteiger partial charge in [-0.3, -0.25) is 0 Å². The Hall–Kier alpha value is -3.15. The highest BCUT2D eigenvalue weighted by Gasteiger charge is 2.21. The molecule has 0 unspecified atom stereocenters. The van der Waals surface area contributed by atoms with Crippen LogP contribution in [-0.2, 0) is 10.2 Å². The van der Waals surface area contributed by atoms with E-state index in [9.17, 15) is 4.79 Å². The number of methoxy groups -OCH3 is 1. The number of nitrogens with zero attached hydrogens (tertiary/aromatic N) is 2. The van der Waals surface area contributed by atoms with Gasteiger partial charge < -0.3 is 13.9 Å². The third kappa shape index (κ3) is 4.39. The van der Waals surface area contributed by atoms with E-state index in [1.54, 1.807) is 26.2 Å². The fourth-order valence-electron chi connectivity index (χ4n) is 2.63. The largest absolute Gasteiger partial charge is 0.497 e. The average molecular weight is 380 g/mol. The van der Waals surface area contributed by atoms with Gasteiger partial charge in [-0.05, 0) is 54.3 Å². The number of hydrogen-bond acceptors (Lipinski definition) is 6. The van der Waals surface area contributed by atoms with Crippen molar-refractivity contribution in [3.05, 3.63) is 65.5 Å². The van der Waals surface area contributed by atoms with Crippen molar-refractivity contribution < 1.29 is 18.7 Å². The van der Waals surface area contributed by atoms with Gasteiger partial charge in [0.15, 0.2) is 6.10 Å². The summed E-state index contributed by atoms with van der Waals surface area (Å²) in [4.78, 5) is 12.4. The second kappa shape index (κ2) is 7.84. The van der Waals surface area contributed by atoms with E-state index in [-0.39, 0.29) is 11.3 Å². The predicted octanol–water partition coefficient (Wildman–Crippen LogP) is 4.96. The number of esters is 1. The molecule has 0 aliphatic carbocycles. The van der Waals surface area contributed by atoms with Crippen LogP contribution in [0.1, 0.15) is 55.6 Å². The van der Waals surface area contributed by atoms with Crippen molar-refractivity contribution in [1.29, 1.82) is 0 Å². The molecule has 1 heterocycles. The lowest BCUT2D eigenvalue weighted by Gasteiger charge is -2.19. The highest BCUT2D eigenvalue weighted by atomic mass is 16.6. The molecule has 2 aromatic carbocycles. The number of carbonyl (C=O) groups excluding carboxylic acids is 1. The van der Waals surface area contributed by atoms with Gasteiger partial charge in [0.2, 0.25) is 5.89 Å². The molecule has 6 nitrogen and oxygen atoms in total. The van der Waals surface area contributed by atoms with Crippen molar-refractivity contribution in [2.75, 3.05) is 7.11 Å². The van der Waals surface area contributed by atoms with E-state index in [1.165, 1.54) is 0 Å². The van der Waals surface area contributed by atoms with Crippen LogP contribution in [0.3, 0.4) is 0 Å². The molecule has 0 N–H and O–H groups in total. The van der Waals surface area contributed by atoms with Crippen molar-refractivity contribution in [1.82, 2.24) is 10.2 Å². The van der Waals surface area contributed by atoms with Gasteiger partial charge in [0.1, 0.15) is 5.75 Å². The summed E-state index contributed by atoms with van der Waals surface area (Å²) in [5.74, 6) is 0.904. The molecule has 6 heteroatoms. The van der Waals surface area contributed by atoms with Crippen LogP contribution in [-0.4, -0.2) is 23.3 Å². The molecule has 3 aromatic rings. The highest BCUT2D eigenvalue weighted by Crippen LogP contribution is 2.26. The van der Waals surface area contributed by atoms with Crippen molar-refractivity contribution in [2.24, 2.45) is 0 Å². The van der Waals surface area contributed by atoms with E-state index >= 15 is 0 Å². The topological polar surface area (TPSA) is 74.5 Å². The molecule has 0 aliphatic heterocycles. The number of ether oxygens (including phenoxy) is 2. The molecule has 0 bridgehead atoms. The van der Waals surface area contributed by atoms with E-state index < -0.39 is 12.1 Å². The molecular weight excluding hydrogens is 356 g/mol. The maximum Gasteiger partial charge on any atom is 0.338 e. The first-order chi connectivity index (χ1) is 13.3. The number of rotatable bonds is 5. The van der Waals surface area contributed by atoms with Crippen molar-refractivity contribution in [3.63, 3.8) is 0 Å². The van der Waals surface area contributed by atoms with Gasteiger partial charge >= 0.3 is 5.97 Å². The predicted molar refractivity (Wildman–Crippen MR) is 105 cm³/mol. The normalized spacial score (nSPS) is 12.5. The first kappa shape index (κ1) is 19.6. The molecule has 146 valence electrons. The molecule has 1 atom stereocenters. The minimum absolute atomic E-state index is 0.0251. The minimum Gasteiger partial charge on any atom is -0.497 e. The van der Waals surface area contributed by atoms with E-state index in [0.717, 1.165) is 16.9 Å². The summed E-state index contributed by atoms with van der Waals surface area (Å²) in [5.41, 5.74) is 2.42. The molecule has 0 saturated carbocycles. The minimum atomic E-state index is -0.658. The Labute approximate surface area is 164 Å². The van der Waals surface area contributed by atoms with Crippen LogP contribution in [0.25, 0.3) is 11.5 Å². The van der Waals surface area contributed by atoms with Crippen LogP contribution in [0.5, 0.6) is 5.75 Å². The van der Waals surface area contributed by atoms with E-state index in [1.807, 2.05) is 36.4 Å². The van der Waals surface area contributed by atoms with Crippen molar-refractivity contribution in [3.8, 4) is 17.2 Å². The third-order valence-corrected chi connectivity index (χ3v) is 4.40. The Morgan fingerprint density at radius 3 is 2.21 bits per heavy atom. The van der Waals surface area contributed by atoms with Gasteiger partial charge in [0.25, 0.3) is 5.89 Å². The van der Waals surface area contributed by atoms with Gasteiger partial charge in [-0.25, -0.2) is 4.79 Å². The number of carbonyl (C=O) groups is 1. The maximum atomic E-state index is 12.4. The first-order valence-corrected chi connectivity index (χ1v) is 9.07. The molecule has 28 heavy (non-hydrogen) atoms. The van der Waals surface area contributed by atoms with Gasteiger partial charge in [-0.1, -0.05) is 32.9 Å². The Morgan fingerprint density at radius 1 is 1.00 bits per heavy atom. The van der Waals surface area contributed by atoms with Crippen LogP contribution in [0.15, 0.2) is 52.9 Å². The summed E-state index contributed by atoms with van der Waals surface area (Å²) >= 11 is 0. The quantitative estimate of drug-likeness (QED) is 0.582. The average Bonchev–Trinajstić information content (AvgIpc) is 3.18. The third-order valence-electron chi connectivity index (χ3n) is 4.40. The smallest absolute Gasteiger partial charge is 0.338 e. The Kier molecular flexibility index (Phi) is 5.49. The summed E-state index contributed by atoms with van der Waals surface area (Å²) < 4.78 is 16.3. The standard InChI is InChI=1S/C22H24N2O4/c1-14(27-21(25)16-6-10-17(11-7-16)22(2,3)4)19-23-24-20(28-19)15-8-12-18(26-5)13-9-15/h6-14H,1-5H3/t14-/m0/s1. The lowest BCUT2D eigenvalue weighted by molar-refractivity contribution is 0.0280. The summed E-state index contributed by atoms with van der Waals surface area (Å²) in [7, 11) is 1.60. The monoisotopic (exact) mass is 380 g/mol. The molecule has 0 fully saturated rings. The SMILES string of the molecule is COc1ccc(-c2nnc([C@H](C)OC(=O)c3ccc(C(C)(C)C)cc3)o2)cc1. The van der Waals surface area contributed by atoms with Gasteiger partial charge in [0.05, 0.1) is 12.7 Å². The number of hydrogen-bond donors (Lipinski definition) is 0.